The van der Waals surface area contributed by atoms with E-state index in [0.29, 0.717) is 19.4 Å². The van der Waals surface area contributed by atoms with Crippen molar-refractivity contribution in [2.24, 2.45) is 0 Å². The van der Waals surface area contributed by atoms with E-state index in [1.807, 2.05) is 34.9 Å². The molecule has 0 spiro atoms. The van der Waals surface area contributed by atoms with Crippen LogP contribution in [0.25, 0.3) is 21.8 Å². The molecule has 1 fully saturated rings. The molecule has 210 valence electrons. The maximum absolute atomic E-state index is 12.9. The summed E-state index contributed by atoms with van der Waals surface area (Å²) in [5.41, 5.74) is 4.13. The van der Waals surface area contributed by atoms with Crippen LogP contribution in [0.4, 0.5) is 4.79 Å². The monoisotopic (exact) mass is 548 g/mol. The molecule has 1 aromatic heterocycles. The number of nitrogens with zero attached hydrogens (tertiary/aromatic N) is 3. The van der Waals surface area contributed by atoms with Gasteiger partial charge in [-0.05, 0) is 66.3 Å². The van der Waals surface area contributed by atoms with E-state index < -0.39 is 6.09 Å². The van der Waals surface area contributed by atoms with Crippen molar-refractivity contribution in [3.63, 3.8) is 0 Å². The van der Waals surface area contributed by atoms with Gasteiger partial charge in [-0.2, -0.15) is 0 Å². The van der Waals surface area contributed by atoms with E-state index in [2.05, 4.69) is 76.6 Å². The molecule has 1 aliphatic rings. The molecule has 1 amide bonds. The number of imidazole rings is 1. The van der Waals surface area contributed by atoms with Gasteiger partial charge in [0.1, 0.15) is 0 Å². The summed E-state index contributed by atoms with van der Waals surface area (Å²) in [6, 6.07) is 33.0. The molecule has 1 unspecified atom stereocenters. The summed E-state index contributed by atoms with van der Waals surface area (Å²) in [5, 5.41) is 12.5. The highest BCUT2D eigenvalue weighted by Gasteiger charge is 2.33. The van der Waals surface area contributed by atoms with Gasteiger partial charge in [0.2, 0.25) is 0 Å². The normalized spacial score (nSPS) is 17.4. The SMILES string of the molecule is O=C(O)N1CCC(n2c(=O)[nH]c3ccccc32)C[C@@H]1CCCN(Cc1ccccc1)Cc1cccc2ccccc12. The van der Waals surface area contributed by atoms with Crippen molar-refractivity contribution >= 4 is 27.9 Å². The number of amides is 1. The summed E-state index contributed by atoms with van der Waals surface area (Å²) < 4.78 is 1.84. The number of H-pyrrole nitrogens is 1. The number of nitrogens with one attached hydrogen (secondary N) is 1. The molecule has 1 aliphatic heterocycles. The van der Waals surface area contributed by atoms with Gasteiger partial charge in [0, 0.05) is 31.7 Å². The van der Waals surface area contributed by atoms with Crippen LogP contribution in [0.5, 0.6) is 0 Å². The number of benzene rings is 4. The zero-order chi connectivity index (χ0) is 28.2. The molecule has 0 bridgehead atoms. The fourth-order valence-corrected chi connectivity index (χ4v) is 6.50. The standard InChI is InChI=1S/C34H36N4O3/c39-33-35-31-17-6-7-18-32(31)38(33)29-19-21-37(34(40)41)28(22-29)15-9-20-36(23-25-10-2-1-3-11-25)24-27-14-8-13-26-12-4-5-16-30(26)27/h1-8,10-14,16-18,28-29H,9,15,19-24H2,(H,35,39)(H,40,41)/t28-,29?/m0/s1. The predicted molar refractivity (Wildman–Crippen MR) is 163 cm³/mol. The number of rotatable bonds is 9. The fourth-order valence-electron chi connectivity index (χ4n) is 6.50. The number of aromatic amines is 1. The lowest BCUT2D eigenvalue weighted by Gasteiger charge is -2.38. The first kappa shape index (κ1) is 26.8. The zero-order valence-corrected chi connectivity index (χ0v) is 23.2. The molecule has 0 saturated carbocycles. The molecule has 2 N–H and O–H groups in total. The van der Waals surface area contributed by atoms with E-state index in [0.717, 1.165) is 43.5 Å². The Morgan fingerprint density at radius 1 is 0.902 bits per heavy atom. The number of hydrogen-bond donors (Lipinski definition) is 2. The second kappa shape index (κ2) is 12.0. The third-order valence-corrected chi connectivity index (χ3v) is 8.46. The molecule has 0 radical (unpaired) electrons. The van der Waals surface area contributed by atoms with Gasteiger partial charge in [-0.3, -0.25) is 9.47 Å². The topological polar surface area (TPSA) is 81.6 Å². The highest BCUT2D eigenvalue weighted by Crippen LogP contribution is 2.31. The average Bonchev–Trinajstić information content (AvgIpc) is 3.33. The van der Waals surface area contributed by atoms with Crippen LogP contribution in [0.1, 0.15) is 42.9 Å². The number of likely N-dealkylation sites (tertiary alicyclic amines) is 1. The lowest BCUT2D eigenvalue weighted by Crippen LogP contribution is -2.47. The molecule has 0 aliphatic carbocycles. The first-order valence-electron chi connectivity index (χ1n) is 14.5. The van der Waals surface area contributed by atoms with Gasteiger partial charge in [0.05, 0.1) is 11.0 Å². The molecule has 7 heteroatoms. The van der Waals surface area contributed by atoms with Gasteiger partial charge < -0.3 is 15.0 Å². The average molecular weight is 549 g/mol. The van der Waals surface area contributed by atoms with E-state index in [1.54, 1.807) is 4.90 Å². The van der Waals surface area contributed by atoms with Crippen LogP contribution in [-0.2, 0) is 13.1 Å². The van der Waals surface area contributed by atoms with Gasteiger partial charge in [-0.25, -0.2) is 9.59 Å². The molecular formula is C34H36N4O3. The molecule has 5 aromatic rings. The Morgan fingerprint density at radius 2 is 1.66 bits per heavy atom. The molecule has 7 nitrogen and oxygen atoms in total. The molecule has 2 heterocycles. The van der Waals surface area contributed by atoms with Crippen LogP contribution in [0.3, 0.4) is 0 Å². The molecule has 4 aromatic carbocycles. The quantitative estimate of drug-likeness (QED) is 0.216. The number of fused-ring (bicyclic) bond motifs is 2. The lowest BCUT2D eigenvalue weighted by atomic mass is 9.93. The second-order valence-electron chi connectivity index (χ2n) is 11.1. The van der Waals surface area contributed by atoms with Crippen LogP contribution >= 0.6 is 0 Å². The summed E-state index contributed by atoms with van der Waals surface area (Å²) in [6.45, 7) is 2.92. The Balaban J connectivity index is 1.19. The Hall–Kier alpha value is -4.36. The Morgan fingerprint density at radius 3 is 2.51 bits per heavy atom. The predicted octanol–water partition coefficient (Wildman–Crippen LogP) is 6.65. The number of para-hydroxylation sites is 2. The number of carboxylic acid groups (broad SMARTS) is 1. The summed E-state index contributed by atoms with van der Waals surface area (Å²) in [7, 11) is 0. The van der Waals surface area contributed by atoms with Crippen LogP contribution < -0.4 is 5.69 Å². The van der Waals surface area contributed by atoms with Crippen molar-refractivity contribution in [1.29, 1.82) is 0 Å². The number of piperidine rings is 1. The second-order valence-corrected chi connectivity index (χ2v) is 11.1. The van der Waals surface area contributed by atoms with Crippen molar-refractivity contribution in [3.05, 3.63) is 119 Å². The first-order chi connectivity index (χ1) is 20.1. The summed E-state index contributed by atoms with van der Waals surface area (Å²) in [5.74, 6) is 0. The van der Waals surface area contributed by atoms with E-state index in [-0.39, 0.29) is 17.8 Å². The van der Waals surface area contributed by atoms with Crippen molar-refractivity contribution in [2.45, 2.75) is 50.9 Å². The van der Waals surface area contributed by atoms with E-state index in [9.17, 15) is 14.7 Å². The first-order valence-corrected chi connectivity index (χ1v) is 14.5. The molecule has 2 atom stereocenters. The minimum Gasteiger partial charge on any atom is -0.465 e. The molecule has 6 rings (SSSR count). The maximum atomic E-state index is 12.9. The fraction of sp³-hybridized carbons (Fsp3) is 0.294. The zero-order valence-electron chi connectivity index (χ0n) is 23.2. The van der Waals surface area contributed by atoms with Crippen molar-refractivity contribution in [3.8, 4) is 0 Å². The van der Waals surface area contributed by atoms with Crippen molar-refractivity contribution < 1.29 is 9.90 Å². The number of aromatic nitrogens is 2. The third kappa shape index (κ3) is 5.91. The van der Waals surface area contributed by atoms with E-state index >= 15 is 0 Å². The summed E-state index contributed by atoms with van der Waals surface area (Å²) in [4.78, 5) is 32.1. The third-order valence-electron chi connectivity index (χ3n) is 8.46. The Labute approximate surface area is 239 Å². The molecule has 1 saturated heterocycles. The molecular weight excluding hydrogens is 512 g/mol. The van der Waals surface area contributed by atoms with E-state index in [1.165, 1.54) is 21.9 Å². The van der Waals surface area contributed by atoms with Gasteiger partial charge in [-0.1, -0.05) is 84.9 Å². The largest absolute Gasteiger partial charge is 0.465 e. The smallest absolute Gasteiger partial charge is 0.407 e. The van der Waals surface area contributed by atoms with E-state index in [4.69, 9.17) is 0 Å². The Kier molecular flexibility index (Phi) is 7.87. The van der Waals surface area contributed by atoms with Gasteiger partial charge in [0.15, 0.2) is 0 Å². The van der Waals surface area contributed by atoms with Gasteiger partial charge in [0.25, 0.3) is 0 Å². The van der Waals surface area contributed by atoms with Crippen LogP contribution in [0, 0.1) is 0 Å². The number of carbonyl (C=O) groups is 1. The summed E-state index contributed by atoms with van der Waals surface area (Å²) >= 11 is 0. The molecule has 41 heavy (non-hydrogen) atoms. The highest BCUT2D eigenvalue weighted by molar-refractivity contribution is 5.85. The van der Waals surface area contributed by atoms with Crippen molar-refractivity contribution in [2.75, 3.05) is 13.1 Å². The number of hydrogen-bond acceptors (Lipinski definition) is 3. The minimum atomic E-state index is -0.878. The van der Waals surface area contributed by atoms with Crippen LogP contribution in [0.2, 0.25) is 0 Å². The summed E-state index contributed by atoms with van der Waals surface area (Å²) in [6.07, 6.45) is 2.00. The van der Waals surface area contributed by atoms with Gasteiger partial charge in [-0.15, -0.1) is 0 Å². The maximum Gasteiger partial charge on any atom is 0.407 e. The van der Waals surface area contributed by atoms with Gasteiger partial charge >= 0.3 is 11.8 Å². The lowest BCUT2D eigenvalue weighted by molar-refractivity contribution is 0.0853. The van der Waals surface area contributed by atoms with Crippen LogP contribution in [-0.4, -0.2) is 49.7 Å². The highest BCUT2D eigenvalue weighted by atomic mass is 16.4. The Bertz CT molecular complexity index is 1690. The van der Waals surface area contributed by atoms with Crippen LogP contribution in [0.15, 0.2) is 102 Å². The minimum absolute atomic E-state index is 0.0321. The van der Waals surface area contributed by atoms with Crippen molar-refractivity contribution in [1.82, 2.24) is 19.4 Å².